The van der Waals surface area contributed by atoms with Crippen LogP contribution in [0.15, 0.2) is 73.1 Å². The number of carbonyl (C=O) groups is 3. The minimum atomic E-state index is -0.268. The van der Waals surface area contributed by atoms with Gasteiger partial charge in [-0.2, -0.15) is 0 Å². The summed E-state index contributed by atoms with van der Waals surface area (Å²) in [7, 11) is 0. The summed E-state index contributed by atoms with van der Waals surface area (Å²) in [5.41, 5.74) is 2.52. The number of piperidine rings is 1. The Hall–Kier alpha value is -3.67. The zero-order valence-electron chi connectivity index (χ0n) is 15.7. The predicted octanol–water partition coefficient (Wildman–Crippen LogP) is 3.00. The summed E-state index contributed by atoms with van der Waals surface area (Å²) in [6.45, 7) is 0. The number of nitrogens with one attached hydrogen (secondary N) is 3. The summed E-state index contributed by atoms with van der Waals surface area (Å²) >= 11 is 0. The van der Waals surface area contributed by atoms with E-state index in [0.29, 0.717) is 29.5 Å². The number of H-pyrrole nitrogens is 1. The maximum absolute atomic E-state index is 12.8. The monoisotopic (exact) mass is 387 g/mol. The summed E-state index contributed by atoms with van der Waals surface area (Å²) in [5.74, 6) is -0.345. The maximum atomic E-state index is 12.8. The molecular weight excluding hydrogens is 366 g/mol. The van der Waals surface area contributed by atoms with Crippen LogP contribution in [0, 0.1) is 0 Å². The molecule has 0 unspecified atom stereocenters. The van der Waals surface area contributed by atoms with E-state index in [2.05, 4.69) is 15.6 Å². The summed E-state index contributed by atoms with van der Waals surface area (Å²) in [6.07, 6.45) is 4.28. The first-order valence-corrected chi connectivity index (χ1v) is 9.54. The Morgan fingerprint density at radius 2 is 1.62 bits per heavy atom. The van der Waals surface area contributed by atoms with Crippen molar-refractivity contribution in [3.8, 4) is 0 Å². The van der Waals surface area contributed by atoms with Crippen LogP contribution in [0.2, 0.25) is 0 Å². The molecule has 0 radical (unpaired) electrons. The predicted molar refractivity (Wildman–Crippen MR) is 108 cm³/mol. The third kappa shape index (κ3) is 4.11. The van der Waals surface area contributed by atoms with E-state index in [1.807, 2.05) is 30.3 Å². The fourth-order valence-electron chi connectivity index (χ4n) is 3.59. The number of benzene rings is 2. The van der Waals surface area contributed by atoms with Crippen LogP contribution >= 0.6 is 0 Å². The highest BCUT2D eigenvalue weighted by molar-refractivity contribution is 6.09. The van der Waals surface area contributed by atoms with E-state index in [-0.39, 0.29) is 29.7 Å². The van der Waals surface area contributed by atoms with Gasteiger partial charge in [-0.1, -0.05) is 42.5 Å². The van der Waals surface area contributed by atoms with Crippen LogP contribution in [0.1, 0.15) is 50.7 Å². The van der Waals surface area contributed by atoms with Crippen molar-refractivity contribution in [3.05, 3.63) is 95.3 Å². The number of carbonyl (C=O) groups excluding carboxylic acids is 3. The van der Waals surface area contributed by atoms with Crippen LogP contribution in [0.5, 0.6) is 0 Å². The van der Waals surface area contributed by atoms with E-state index in [9.17, 15) is 14.4 Å². The van der Waals surface area contributed by atoms with Gasteiger partial charge in [-0.05, 0) is 30.2 Å². The molecule has 2 atom stereocenters. The molecule has 0 aliphatic carbocycles. The van der Waals surface area contributed by atoms with Gasteiger partial charge in [0.15, 0.2) is 5.78 Å². The fourth-order valence-corrected chi connectivity index (χ4v) is 3.59. The lowest BCUT2D eigenvalue weighted by Gasteiger charge is -2.33. The maximum Gasteiger partial charge on any atom is 0.251 e. The molecule has 3 N–H and O–H groups in total. The first-order chi connectivity index (χ1) is 14.1. The average Bonchev–Trinajstić information content (AvgIpc) is 3.30. The number of rotatable bonds is 5. The van der Waals surface area contributed by atoms with E-state index in [1.54, 1.807) is 42.7 Å². The Morgan fingerprint density at radius 3 is 2.31 bits per heavy atom. The topological polar surface area (TPSA) is 91.1 Å². The van der Waals surface area contributed by atoms with Crippen LogP contribution in [0.4, 0.5) is 0 Å². The van der Waals surface area contributed by atoms with Gasteiger partial charge in [-0.25, -0.2) is 0 Å². The Bertz CT molecular complexity index is 1010. The molecular formula is C23H21N3O3. The van der Waals surface area contributed by atoms with Gasteiger partial charge in [0.25, 0.3) is 5.91 Å². The quantitative estimate of drug-likeness (QED) is 0.588. The molecule has 1 aliphatic heterocycles. The Balaban J connectivity index is 1.48. The van der Waals surface area contributed by atoms with Crippen LogP contribution < -0.4 is 10.6 Å². The van der Waals surface area contributed by atoms with Crippen molar-refractivity contribution in [3.63, 3.8) is 0 Å². The lowest BCUT2D eigenvalue weighted by atomic mass is 9.91. The summed E-state index contributed by atoms with van der Waals surface area (Å²) in [4.78, 5) is 39.9. The molecule has 1 saturated heterocycles. The van der Waals surface area contributed by atoms with Crippen molar-refractivity contribution in [2.45, 2.75) is 24.9 Å². The van der Waals surface area contributed by atoms with Crippen molar-refractivity contribution < 1.29 is 14.4 Å². The van der Waals surface area contributed by atoms with Gasteiger partial charge >= 0.3 is 0 Å². The molecule has 1 aromatic heterocycles. The summed E-state index contributed by atoms with van der Waals surface area (Å²) in [5, 5.41) is 6.01. The molecule has 0 saturated carbocycles. The van der Waals surface area contributed by atoms with Gasteiger partial charge in [-0.3, -0.25) is 14.4 Å². The normalized spacial score (nSPS) is 18.7. The minimum absolute atomic E-state index is 0.0167. The highest BCUT2D eigenvalue weighted by Gasteiger charge is 2.31. The average molecular weight is 387 g/mol. The van der Waals surface area contributed by atoms with Crippen molar-refractivity contribution in [2.75, 3.05) is 0 Å². The van der Waals surface area contributed by atoms with Gasteiger partial charge < -0.3 is 15.6 Å². The lowest BCUT2D eigenvalue weighted by molar-refractivity contribution is -0.123. The molecule has 2 aromatic carbocycles. The molecule has 6 heteroatoms. The van der Waals surface area contributed by atoms with Crippen molar-refractivity contribution >= 4 is 17.6 Å². The van der Waals surface area contributed by atoms with E-state index >= 15 is 0 Å². The molecule has 1 aliphatic rings. The van der Waals surface area contributed by atoms with Crippen LogP contribution in [-0.4, -0.2) is 28.6 Å². The van der Waals surface area contributed by atoms with Crippen molar-refractivity contribution in [1.82, 2.24) is 15.6 Å². The number of amides is 2. The summed E-state index contributed by atoms with van der Waals surface area (Å²) < 4.78 is 0. The molecule has 2 amide bonds. The molecule has 0 spiro atoms. The minimum Gasteiger partial charge on any atom is -0.367 e. The molecule has 6 nitrogen and oxygen atoms in total. The summed E-state index contributed by atoms with van der Waals surface area (Å²) in [6, 6.07) is 17.5. The molecule has 4 rings (SSSR count). The zero-order valence-corrected chi connectivity index (χ0v) is 15.7. The standard InChI is InChI=1S/C23H21N3O3/c27-20-11-10-19(21(26-20)15-4-2-1-3-5-15)25-23(29)17-8-6-16(7-9-17)22(28)18-12-13-24-14-18/h1-9,12-14,19,21,24H,10-11H2,(H,25,29)(H,26,27)/t19-,21+/m1/s1. The number of hydrogen-bond donors (Lipinski definition) is 3. The second-order valence-electron chi connectivity index (χ2n) is 7.08. The lowest BCUT2D eigenvalue weighted by Crippen LogP contribution is -2.50. The van der Waals surface area contributed by atoms with Crippen LogP contribution in [0.3, 0.4) is 0 Å². The number of hydrogen-bond acceptors (Lipinski definition) is 3. The highest BCUT2D eigenvalue weighted by Crippen LogP contribution is 2.24. The molecule has 146 valence electrons. The van der Waals surface area contributed by atoms with Crippen molar-refractivity contribution in [1.29, 1.82) is 0 Å². The SMILES string of the molecule is O=C1CC[C@@H](NC(=O)c2ccc(C(=O)c3cc[nH]c3)cc2)[C@H](c2ccccc2)N1. The fraction of sp³-hybridized carbons (Fsp3) is 0.174. The zero-order chi connectivity index (χ0) is 20.2. The molecule has 0 bridgehead atoms. The highest BCUT2D eigenvalue weighted by atomic mass is 16.2. The van der Waals surface area contributed by atoms with E-state index in [4.69, 9.17) is 0 Å². The van der Waals surface area contributed by atoms with Gasteiger partial charge in [0, 0.05) is 35.5 Å². The Morgan fingerprint density at radius 1 is 0.897 bits per heavy atom. The largest absolute Gasteiger partial charge is 0.367 e. The van der Waals surface area contributed by atoms with Gasteiger partial charge in [0.2, 0.25) is 5.91 Å². The van der Waals surface area contributed by atoms with Gasteiger partial charge in [0.1, 0.15) is 0 Å². The van der Waals surface area contributed by atoms with E-state index in [0.717, 1.165) is 5.56 Å². The first kappa shape index (κ1) is 18.7. The molecule has 3 aromatic rings. The Kier molecular flexibility index (Phi) is 5.24. The molecule has 29 heavy (non-hydrogen) atoms. The first-order valence-electron chi connectivity index (χ1n) is 9.54. The smallest absolute Gasteiger partial charge is 0.251 e. The number of ketones is 1. The van der Waals surface area contributed by atoms with Gasteiger partial charge in [-0.15, -0.1) is 0 Å². The van der Waals surface area contributed by atoms with Crippen LogP contribution in [-0.2, 0) is 4.79 Å². The van der Waals surface area contributed by atoms with Crippen molar-refractivity contribution in [2.24, 2.45) is 0 Å². The second kappa shape index (κ2) is 8.14. The third-order valence-corrected chi connectivity index (χ3v) is 5.15. The van der Waals surface area contributed by atoms with Crippen LogP contribution in [0.25, 0.3) is 0 Å². The number of aromatic amines is 1. The number of aromatic nitrogens is 1. The van der Waals surface area contributed by atoms with E-state index in [1.165, 1.54) is 0 Å². The molecule has 1 fully saturated rings. The molecule has 2 heterocycles. The van der Waals surface area contributed by atoms with E-state index < -0.39 is 0 Å². The van der Waals surface area contributed by atoms with Gasteiger partial charge in [0.05, 0.1) is 12.1 Å². The second-order valence-corrected chi connectivity index (χ2v) is 7.08. The Labute approximate surface area is 168 Å². The third-order valence-electron chi connectivity index (χ3n) is 5.15.